The van der Waals surface area contributed by atoms with Gasteiger partial charge in [-0.1, -0.05) is 6.07 Å². The van der Waals surface area contributed by atoms with Crippen LogP contribution in [0.3, 0.4) is 0 Å². The van der Waals surface area contributed by atoms with Crippen LogP contribution in [0.1, 0.15) is 5.82 Å². The molecule has 1 aromatic heterocycles. The van der Waals surface area contributed by atoms with Crippen molar-refractivity contribution < 1.29 is 0 Å². The molecule has 0 aliphatic rings. The zero-order valence-corrected chi connectivity index (χ0v) is 9.42. The van der Waals surface area contributed by atoms with Crippen LogP contribution in [-0.2, 0) is 6.54 Å². The van der Waals surface area contributed by atoms with Gasteiger partial charge in [-0.2, -0.15) is 4.68 Å². The van der Waals surface area contributed by atoms with Gasteiger partial charge in [0.15, 0.2) is 5.82 Å². The highest BCUT2D eigenvalue weighted by atomic mass is 127. The van der Waals surface area contributed by atoms with Gasteiger partial charge in [-0.05, 0) is 51.2 Å². The van der Waals surface area contributed by atoms with Gasteiger partial charge in [0.05, 0.1) is 12.2 Å². The summed E-state index contributed by atoms with van der Waals surface area (Å²) in [7, 11) is 0. The Morgan fingerprint density at radius 2 is 2.29 bits per heavy atom. The molecule has 2 aromatic rings. The molecule has 0 unspecified atom stereocenters. The Bertz CT molecular complexity index is 439. The van der Waals surface area contributed by atoms with Crippen molar-refractivity contribution in [3.63, 3.8) is 0 Å². The van der Waals surface area contributed by atoms with Crippen LogP contribution in [0, 0.1) is 3.57 Å². The lowest BCUT2D eigenvalue weighted by Crippen LogP contribution is -2.07. The minimum Gasteiger partial charge on any atom is -0.324 e. The van der Waals surface area contributed by atoms with Gasteiger partial charge in [0.25, 0.3) is 0 Å². The summed E-state index contributed by atoms with van der Waals surface area (Å²) < 4.78 is 2.78. The fourth-order valence-electron chi connectivity index (χ4n) is 1.14. The summed E-state index contributed by atoms with van der Waals surface area (Å²) in [5, 5.41) is 11.3. The molecular formula is C8H8IN5. The first kappa shape index (κ1) is 9.53. The predicted molar refractivity (Wildman–Crippen MR) is 59.8 cm³/mol. The van der Waals surface area contributed by atoms with E-state index in [0.29, 0.717) is 12.4 Å². The number of halogens is 1. The van der Waals surface area contributed by atoms with Crippen molar-refractivity contribution in [3.05, 3.63) is 33.7 Å². The van der Waals surface area contributed by atoms with Gasteiger partial charge < -0.3 is 5.73 Å². The fraction of sp³-hybridized carbons (Fsp3) is 0.125. The lowest BCUT2D eigenvalue weighted by atomic mass is 10.3. The fourth-order valence-corrected chi connectivity index (χ4v) is 1.67. The van der Waals surface area contributed by atoms with E-state index >= 15 is 0 Å². The second-order valence-electron chi connectivity index (χ2n) is 2.69. The lowest BCUT2D eigenvalue weighted by molar-refractivity contribution is 0.761. The second-order valence-corrected chi connectivity index (χ2v) is 3.94. The minimum absolute atomic E-state index is 0.332. The van der Waals surface area contributed by atoms with Gasteiger partial charge in [0.1, 0.15) is 0 Å². The molecule has 0 aliphatic heterocycles. The molecule has 0 radical (unpaired) electrons. The van der Waals surface area contributed by atoms with Crippen molar-refractivity contribution in [1.29, 1.82) is 0 Å². The van der Waals surface area contributed by atoms with Gasteiger partial charge in [-0.15, -0.1) is 5.10 Å². The van der Waals surface area contributed by atoms with E-state index in [1.54, 1.807) is 4.68 Å². The van der Waals surface area contributed by atoms with Crippen LogP contribution in [0.25, 0.3) is 5.69 Å². The predicted octanol–water partition coefficient (Wildman–Crippen LogP) is 0.726. The molecule has 5 nitrogen and oxygen atoms in total. The molecule has 72 valence electrons. The molecule has 6 heteroatoms. The van der Waals surface area contributed by atoms with Gasteiger partial charge in [-0.3, -0.25) is 0 Å². The van der Waals surface area contributed by atoms with Crippen molar-refractivity contribution >= 4 is 22.6 Å². The van der Waals surface area contributed by atoms with Gasteiger partial charge in [-0.25, -0.2) is 0 Å². The summed E-state index contributed by atoms with van der Waals surface area (Å²) >= 11 is 2.24. The number of nitrogens with zero attached hydrogens (tertiary/aromatic N) is 4. The summed E-state index contributed by atoms with van der Waals surface area (Å²) in [4.78, 5) is 0. The SMILES string of the molecule is NCc1nnnn1-c1cccc(I)c1. The van der Waals surface area contributed by atoms with Crippen LogP contribution < -0.4 is 5.73 Å². The zero-order valence-electron chi connectivity index (χ0n) is 7.26. The van der Waals surface area contributed by atoms with Crippen molar-refractivity contribution in [2.45, 2.75) is 6.54 Å². The molecular weight excluding hydrogens is 293 g/mol. The van der Waals surface area contributed by atoms with Crippen LogP contribution in [0.4, 0.5) is 0 Å². The maximum Gasteiger partial charge on any atom is 0.170 e. The van der Waals surface area contributed by atoms with Gasteiger partial charge in [0, 0.05) is 3.57 Å². The third kappa shape index (κ3) is 1.75. The van der Waals surface area contributed by atoms with Crippen molar-refractivity contribution in [1.82, 2.24) is 20.2 Å². The van der Waals surface area contributed by atoms with E-state index in [1.165, 1.54) is 0 Å². The Morgan fingerprint density at radius 1 is 1.43 bits per heavy atom. The molecule has 0 saturated heterocycles. The molecule has 1 aromatic carbocycles. The lowest BCUT2D eigenvalue weighted by Gasteiger charge is -2.02. The van der Waals surface area contributed by atoms with Crippen LogP contribution in [-0.4, -0.2) is 20.2 Å². The Kier molecular flexibility index (Phi) is 2.73. The first-order chi connectivity index (χ1) is 6.81. The van der Waals surface area contributed by atoms with E-state index < -0.39 is 0 Å². The number of hydrogen-bond acceptors (Lipinski definition) is 4. The molecule has 0 aliphatic carbocycles. The molecule has 14 heavy (non-hydrogen) atoms. The average Bonchev–Trinajstić information content (AvgIpc) is 2.65. The molecule has 1 heterocycles. The van der Waals surface area contributed by atoms with Crippen LogP contribution in [0.15, 0.2) is 24.3 Å². The molecule has 0 bridgehead atoms. The Labute approximate surface area is 94.4 Å². The smallest absolute Gasteiger partial charge is 0.170 e. The van der Waals surface area contributed by atoms with E-state index in [9.17, 15) is 0 Å². The first-order valence-corrected chi connectivity index (χ1v) is 5.12. The summed E-state index contributed by atoms with van der Waals surface area (Å²) in [6.07, 6.45) is 0. The molecule has 0 saturated carbocycles. The third-order valence-corrected chi connectivity index (χ3v) is 2.44. The number of tetrazole rings is 1. The summed E-state index contributed by atoms with van der Waals surface area (Å²) in [5.74, 6) is 0.659. The Hall–Kier alpha value is -1.02. The van der Waals surface area contributed by atoms with Crippen LogP contribution in [0.5, 0.6) is 0 Å². The summed E-state index contributed by atoms with van der Waals surface area (Å²) in [6, 6.07) is 7.91. The molecule has 0 fully saturated rings. The highest BCUT2D eigenvalue weighted by Crippen LogP contribution is 2.11. The van der Waals surface area contributed by atoms with E-state index in [4.69, 9.17) is 5.73 Å². The number of rotatable bonds is 2. The van der Waals surface area contributed by atoms with Crippen molar-refractivity contribution in [3.8, 4) is 5.69 Å². The summed E-state index contributed by atoms with van der Waals surface area (Å²) in [6.45, 7) is 0.332. The van der Waals surface area contributed by atoms with E-state index in [-0.39, 0.29) is 0 Å². The summed E-state index contributed by atoms with van der Waals surface area (Å²) in [5.41, 5.74) is 6.44. The number of benzene rings is 1. The average molecular weight is 301 g/mol. The molecule has 0 spiro atoms. The minimum atomic E-state index is 0.332. The molecule has 2 rings (SSSR count). The zero-order chi connectivity index (χ0) is 9.97. The molecule has 0 atom stereocenters. The number of nitrogens with two attached hydrogens (primary N) is 1. The second kappa shape index (κ2) is 4.01. The first-order valence-electron chi connectivity index (χ1n) is 4.04. The number of aromatic nitrogens is 4. The monoisotopic (exact) mass is 301 g/mol. The van der Waals surface area contributed by atoms with E-state index in [0.717, 1.165) is 9.26 Å². The van der Waals surface area contributed by atoms with Crippen LogP contribution >= 0.6 is 22.6 Å². The largest absolute Gasteiger partial charge is 0.324 e. The van der Waals surface area contributed by atoms with Gasteiger partial charge >= 0.3 is 0 Å². The van der Waals surface area contributed by atoms with E-state index in [1.807, 2.05) is 24.3 Å². The van der Waals surface area contributed by atoms with Crippen LogP contribution in [0.2, 0.25) is 0 Å². The van der Waals surface area contributed by atoms with Crippen molar-refractivity contribution in [2.75, 3.05) is 0 Å². The molecule has 0 amide bonds. The topological polar surface area (TPSA) is 69.6 Å². The van der Waals surface area contributed by atoms with Gasteiger partial charge in [0.2, 0.25) is 0 Å². The molecule has 2 N–H and O–H groups in total. The Morgan fingerprint density at radius 3 is 3.00 bits per heavy atom. The highest BCUT2D eigenvalue weighted by molar-refractivity contribution is 14.1. The van der Waals surface area contributed by atoms with Crippen molar-refractivity contribution in [2.24, 2.45) is 5.73 Å². The third-order valence-electron chi connectivity index (χ3n) is 1.77. The highest BCUT2D eigenvalue weighted by Gasteiger charge is 2.05. The maximum absolute atomic E-state index is 5.51. The number of hydrogen-bond donors (Lipinski definition) is 1. The Balaban J connectivity index is 2.49. The normalized spacial score (nSPS) is 10.4. The van der Waals surface area contributed by atoms with E-state index in [2.05, 4.69) is 38.1 Å². The quantitative estimate of drug-likeness (QED) is 0.830. The maximum atomic E-state index is 5.51. The standard InChI is InChI=1S/C8H8IN5/c9-6-2-1-3-7(4-6)14-8(5-10)11-12-13-14/h1-4H,5,10H2.